The first-order valence-electron chi connectivity index (χ1n) is 7.72. The number of hydrogen-bond donors (Lipinski definition) is 1. The molecule has 112 valence electrons. The summed E-state index contributed by atoms with van der Waals surface area (Å²) >= 11 is 0. The van der Waals surface area contributed by atoms with E-state index in [9.17, 15) is 0 Å². The minimum Gasteiger partial charge on any atom is -0.492 e. The summed E-state index contributed by atoms with van der Waals surface area (Å²) in [6.45, 7) is 9.49. The predicted molar refractivity (Wildman–Crippen MR) is 88.0 cm³/mol. The molecule has 0 spiro atoms. The maximum atomic E-state index is 5.95. The number of fused-ring (bicyclic) bond motifs is 1. The zero-order valence-corrected chi connectivity index (χ0v) is 12.9. The van der Waals surface area contributed by atoms with E-state index in [-0.39, 0.29) is 5.54 Å². The lowest BCUT2D eigenvalue weighted by atomic mass is 10.0. The Morgan fingerprint density at radius 1 is 1.14 bits per heavy atom. The number of benzene rings is 2. The van der Waals surface area contributed by atoms with Crippen LogP contribution in [0.1, 0.15) is 13.8 Å². The van der Waals surface area contributed by atoms with Crippen LogP contribution in [0.25, 0.3) is 10.8 Å². The lowest BCUT2D eigenvalue weighted by molar-refractivity contribution is 0.0744. The van der Waals surface area contributed by atoms with Gasteiger partial charge in [-0.2, -0.15) is 0 Å². The van der Waals surface area contributed by atoms with Crippen molar-refractivity contribution in [3.05, 3.63) is 42.5 Å². The van der Waals surface area contributed by atoms with E-state index in [2.05, 4.69) is 66.5 Å². The molecule has 1 N–H and O–H groups in total. The summed E-state index contributed by atoms with van der Waals surface area (Å²) in [6, 6.07) is 14.7. The van der Waals surface area contributed by atoms with Gasteiger partial charge < -0.3 is 10.1 Å². The van der Waals surface area contributed by atoms with Crippen molar-refractivity contribution in [3.8, 4) is 5.75 Å². The standard InChI is InChI=1S/C18H24N2O/c1-18(2)14-19-9-10-20(18)11-12-21-17-8-7-15-5-3-4-6-16(15)13-17/h3-8,13,19H,9-12,14H2,1-2H3. The van der Waals surface area contributed by atoms with Crippen LogP contribution in [-0.2, 0) is 0 Å². The Labute approximate surface area is 126 Å². The number of ether oxygens (including phenoxy) is 1. The van der Waals surface area contributed by atoms with Gasteiger partial charge in [0.05, 0.1) is 0 Å². The van der Waals surface area contributed by atoms with Gasteiger partial charge in [0, 0.05) is 31.7 Å². The van der Waals surface area contributed by atoms with Gasteiger partial charge >= 0.3 is 0 Å². The van der Waals surface area contributed by atoms with Crippen LogP contribution in [0.15, 0.2) is 42.5 Å². The van der Waals surface area contributed by atoms with Crippen molar-refractivity contribution in [2.45, 2.75) is 19.4 Å². The van der Waals surface area contributed by atoms with Crippen molar-refractivity contribution in [2.24, 2.45) is 0 Å². The van der Waals surface area contributed by atoms with E-state index in [0.717, 1.165) is 38.5 Å². The molecule has 1 saturated heterocycles. The third-order valence-electron chi connectivity index (χ3n) is 4.32. The Bertz CT molecular complexity index is 609. The molecule has 0 saturated carbocycles. The van der Waals surface area contributed by atoms with Crippen LogP contribution in [-0.4, -0.2) is 43.2 Å². The molecule has 1 heterocycles. The molecule has 0 bridgehead atoms. The van der Waals surface area contributed by atoms with E-state index >= 15 is 0 Å². The average Bonchev–Trinajstić information content (AvgIpc) is 2.49. The molecule has 3 rings (SSSR count). The van der Waals surface area contributed by atoms with Crippen LogP contribution in [0.4, 0.5) is 0 Å². The summed E-state index contributed by atoms with van der Waals surface area (Å²) in [7, 11) is 0. The molecular weight excluding hydrogens is 260 g/mol. The molecule has 0 amide bonds. The van der Waals surface area contributed by atoms with E-state index in [0.29, 0.717) is 0 Å². The first kappa shape index (κ1) is 14.4. The second-order valence-electron chi connectivity index (χ2n) is 6.33. The third-order valence-corrected chi connectivity index (χ3v) is 4.32. The Morgan fingerprint density at radius 3 is 2.76 bits per heavy atom. The maximum Gasteiger partial charge on any atom is 0.120 e. The third kappa shape index (κ3) is 3.36. The summed E-state index contributed by atoms with van der Waals surface area (Å²) in [4.78, 5) is 2.50. The zero-order chi connectivity index (χ0) is 14.7. The van der Waals surface area contributed by atoms with E-state index in [1.807, 2.05) is 0 Å². The van der Waals surface area contributed by atoms with Crippen LogP contribution in [0.5, 0.6) is 5.75 Å². The fourth-order valence-corrected chi connectivity index (χ4v) is 2.97. The Balaban J connectivity index is 1.59. The molecule has 0 radical (unpaired) electrons. The topological polar surface area (TPSA) is 24.5 Å². The van der Waals surface area contributed by atoms with Gasteiger partial charge in [0.15, 0.2) is 0 Å². The van der Waals surface area contributed by atoms with E-state index in [1.165, 1.54) is 10.8 Å². The lowest BCUT2D eigenvalue weighted by Gasteiger charge is -2.42. The first-order valence-corrected chi connectivity index (χ1v) is 7.72. The summed E-state index contributed by atoms with van der Waals surface area (Å²) in [5, 5.41) is 5.94. The number of hydrogen-bond acceptors (Lipinski definition) is 3. The molecule has 0 aromatic heterocycles. The molecule has 1 fully saturated rings. The smallest absolute Gasteiger partial charge is 0.120 e. The van der Waals surface area contributed by atoms with Crippen molar-refractivity contribution in [1.29, 1.82) is 0 Å². The maximum absolute atomic E-state index is 5.95. The van der Waals surface area contributed by atoms with Gasteiger partial charge in [-0.05, 0) is 36.8 Å². The molecule has 2 aromatic rings. The minimum atomic E-state index is 0.213. The highest BCUT2D eigenvalue weighted by molar-refractivity contribution is 5.83. The van der Waals surface area contributed by atoms with Crippen LogP contribution in [0.2, 0.25) is 0 Å². The van der Waals surface area contributed by atoms with Gasteiger partial charge in [0.1, 0.15) is 12.4 Å². The van der Waals surface area contributed by atoms with Crippen molar-refractivity contribution < 1.29 is 4.74 Å². The summed E-state index contributed by atoms with van der Waals surface area (Å²) in [5.74, 6) is 0.960. The fourth-order valence-electron chi connectivity index (χ4n) is 2.97. The minimum absolute atomic E-state index is 0.213. The van der Waals surface area contributed by atoms with Crippen molar-refractivity contribution in [3.63, 3.8) is 0 Å². The second kappa shape index (κ2) is 6.04. The van der Waals surface area contributed by atoms with E-state index in [1.54, 1.807) is 0 Å². The fraction of sp³-hybridized carbons (Fsp3) is 0.444. The van der Waals surface area contributed by atoms with Crippen LogP contribution in [0, 0.1) is 0 Å². The molecule has 0 atom stereocenters. The number of rotatable bonds is 4. The van der Waals surface area contributed by atoms with Gasteiger partial charge in [0.25, 0.3) is 0 Å². The molecule has 3 nitrogen and oxygen atoms in total. The van der Waals surface area contributed by atoms with E-state index in [4.69, 9.17) is 4.74 Å². The van der Waals surface area contributed by atoms with E-state index < -0.39 is 0 Å². The van der Waals surface area contributed by atoms with Crippen LogP contribution < -0.4 is 10.1 Å². The second-order valence-corrected chi connectivity index (χ2v) is 6.33. The lowest BCUT2D eigenvalue weighted by Crippen LogP contribution is -2.58. The molecule has 1 aliphatic heterocycles. The van der Waals surface area contributed by atoms with Crippen molar-refractivity contribution in [2.75, 3.05) is 32.8 Å². The van der Waals surface area contributed by atoms with Crippen molar-refractivity contribution >= 4 is 10.8 Å². The monoisotopic (exact) mass is 284 g/mol. The van der Waals surface area contributed by atoms with Gasteiger partial charge in [0.2, 0.25) is 0 Å². The zero-order valence-electron chi connectivity index (χ0n) is 12.9. The van der Waals surface area contributed by atoms with Gasteiger partial charge in [-0.3, -0.25) is 4.90 Å². The number of nitrogens with one attached hydrogen (secondary N) is 1. The number of nitrogens with zero attached hydrogens (tertiary/aromatic N) is 1. The van der Waals surface area contributed by atoms with Gasteiger partial charge in [-0.15, -0.1) is 0 Å². The first-order chi connectivity index (χ1) is 10.1. The van der Waals surface area contributed by atoms with Gasteiger partial charge in [-0.25, -0.2) is 0 Å². The highest BCUT2D eigenvalue weighted by atomic mass is 16.5. The molecule has 2 aromatic carbocycles. The Kier molecular flexibility index (Phi) is 4.13. The molecular formula is C18H24N2O. The average molecular weight is 284 g/mol. The highest BCUT2D eigenvalue weighted by Gasteiger charge is 2.28. The Morgan fingerprint density at radius 2 is 1.95 bits per heavy atom. The summed E-state index contributed by atoms with van der Waals surface area (Å²) < 4.78 is 5.95. The molecule has 1 aliphatic rings. The summed E-state index contributed by atoms with van der Waals surface area (Å²) in [5.41, 5.74) is 0.213. The largest absolute Gasteiger partial charge is 0.492 e. The molecule has 0 unspecified atom stereocenters. The van der Waals surface area contributed by atoms with Gasteiger partial charge in [-0.1, -0.05) is 30.3 Å². The molecule has 21 heavy (non-hydrogen) atoms. The quantitative estimate of drug-likeness (QED) is 0.934. The highest BCUT2D eigenvalue weighted by Crippen LogP contribution is 2.21. The SMILES string of the molecule is CC1(C)CNCCN1CCOc1ccc2ccccc2c1. The molecule has 3 heteroatoms. The predicted octanol–water partition coefficient (Wildman–Crippen LogP) is 2.90. The normalized spacial score (nSPS) is 18.8. The van der Waals surface area contributed by atoms with Crippen LogP contribution >= 0.6 is 0 Å². The van der Waals surface area contributed by atoms with Crippen molar-refractivity contribution in [1.82, 2.24) is 10.2 Å². The molecule has 0 aliphatic carbocycles. The summed E-state index contributed by atoms with van der Waals surface area (Å²) in [6.07, 6.45) is 0. The number of piperazine rings is 1. The Hall–Kier alpha value is -1.58. The van der Waals surface area contributed by atoms with Crippen LogP contribution in [0.3, 0.4) is 0 Å².